The SMILES string of the molecule is COc1cc(NC(=O)c2cnoc2-c2ccc(C)cc2)c(OC)cc1Cl. The van der Waals surface area contributed by atoms with E-state index in [1.54, 1.807) is 12.1 Å². The minimum atomic E-state index is -0.385. The number of halogens is 1. The van der Waals surface area contributed by atoms with E-state index >= 15 is 0 Å². The van der Waals surface area contributed by atoms with E-state index in [1.165, 1.54) is 20.4 Å². The summed E-state index contributed by atoms with van der Waals surface area (Å²) in [5, 5.41) is 6.93. The van der Waals surface area contributed by atoms with Crippen LogP contribution in [0.1, 0.15) is 15.9 Å². The maximum absolute atomic E-state index is 12.7. The van der Waals surface area contributed by atoms with E-state index in [2.05, 4.69) is 10.5 Å². The van der Waals surface area contributed by atoms with E-state index in [9.17, 15) is 4.79 Å². The van der Waals surface area contributed by atoms with E-state index in [-0.39, 0.29) is 5.91 Å². The Labute approximate surface area is 155 Å². The molecule has 0 aliphatic rings. The minimum Gasteiger partial charge on any atom is -0.495 e. The number of carbonyl (C=O) groups excluding carboxylic acids is 1. The van der Waals surface area contributed by atoms with E-state index in [1.807, 2.05) is 31.2 Å². The van der Waals surface area contributed by atoms with Crippen LogP contribution in [0.2, 0.25) is 5.02 Å². The first-order valence-electron chi connectivity index (χ1n) is 7.78. The summed E-state index contributed by atoms with van der Waals surface area (Å²) in [6, 6.07) is 10.8. The summed E-state index contributed by atoms with van der Waals surface area (Å²) < 4.78 is 15.8. The zero-order valence-electron chi connectivity index (χ0n) is 14.5. The number of hydrogen-bond donors (Lipinski definition) is 1. The molecule has 1 aromatic heterocycles. The summed E-state index contributed by atoms with van der Waals surface area (Å²) >= 11 is 6.09. The number of ether oxygens (including phenoxy) is 2. The lowest BCUT2D eigenvalue weighted by Gasteiger charge is -2.13. The molecule has 1 heterocycles. The van der Waals surface area contributed by atoms with Crippen molar-refractivity contribution in [3.8, 4) is 22.8 Å². The topological polar surface area (TPSA) is 73.6 Å². The van der Waals surface area contributed by atoms with Gasteiger partial charge in [0.15, 0.2) is 5.76 Å². The lowest BCUT2D eigenvalue weighted by molar-refractivity contribution is 0.102. The highest BCUT2D eigenvalue weighted by atomic mass is 35.5. The first-order chi connectivity index (χ1) is 12.5. The highest BCUT2D eigenvalue weighted by Crippen LogP contribution is 2.36. The van der Waals surface area contributed by atoms with Crippen molar-refractivity contribution in [3.63, 3.8) is 0 Å². The van der Waals surface area contributed by atoms with Crippen molar-refractivity contribution in [2.24, 2.45) is 0 Å². The van der Waals surface area contributed by atoms with Crippen LogP contribution in [0, 0.1) is 6.92 Å². The van der Waals surface area contributed by atoms with Gasteiger partial charge >= 0.3 is 0 Å². The number of methoxy groups -OCH3 is 2. The van der Waals surface area contributed by atoms with E-state index in [0.29, 0.717) is 33.5 Å². The number of aromatic nitrogens is 1. The number of nitrogens with zero attached hydrogens (tertiary/aromatic N) is 1. The maximum atomic E-state index is 12.7. The Morgan fingerprint density at radius 2 is 1.81 bits per heavy atom. The molecule has 0 atom stereocenters. The summed E-state index contributed by atoms with van der Waals surface area (Å²) in [5.41, 5.74) is 2.61. The van der Waals surface area contributed by atoms with Crippen molar-refractivity contribution in [1.29, 1.82) is 0 Å². The molecule has 0 bridgehead atoms. The Kier molecular flexibility index (Phi) is 5.14. The highest BCUT2D eigenvalue weighted by molar-refractivity contribution is 6.32. The zero-order chi connectivity index (χ0) is 18.7. The molecule has 0 unspecified atom stereocenters. The van der Waals surface area contributed by atoms with Crippen LogP contribution in [0.15, 0.2) is 47.1 Å². The maximum Gasteiger partial charge on any atom is 0.261 e. The largest absolute Gasteiger partial charge is 0.495 e. The predicted molar refractivity (Wildman–Crippen MR) is 99.2 cm³/mol. The normalized spacial score (nSPS) is 10.5. The molecule has 0 fully saturated rings. The molecule has 0 aliphatic carbocycles. The van der Waals surface area contributed by atoms with Crippen molar-refractivity contribution in [3.05, 3.63) is 58.7 Å². The van der Waals surface area contributed by atoms with Crippen LogP contribution in [0.5, 0.6) is 11.5 Å². The van der Waals surface area contributed by atoms with E-state index in [4.69, 9.17) is 25.6 Å². The molecule has 7 heteroatoms. The predicted octanol–water partition coefficient (Wildman–Crippen LogP) is 4.57. The molecule has 1 amide bonds. The fourth-order valence-corrected chi connectivity index (χ4v) is 2.69. The Morgan fingerprint density at radius 1 is 1.12 bits per heavy atom. The smallest absolute Gasteiger partial charge is 0.261 e. The van der Waals surface area contributed by atoms with Crippen molar-refractivity contribution < 1.29 is 18.8 Å². The first kappa shape index (κ1) is 17.8. The minimum absolute atomic E-state index is 0.310. The molecule has 134 valence electrons. The Hall–Kier alpha value is -2.99. The second kappa shape index (κ2) is 7.49. The number of nitrogens with one attached hydrogen (secondary N) is 1. The summed E-state index contributed by atoms with van der Waals surface area (Å²) in [6.45, 7) is 1.98. The first-order valence-corrected chi connectivity index (χ1v) is 8.16. The molecule has 0 spiro atoms. The summed E-state index contributed by atoms with van der Waals surface area (Å²) in [4.78, 5) is 12.7. The number of hydrogen-bond acceptors (Lipinski definition) is 5. The molecule has 6 nitrogen and oxygen atoms in total. The van der Waals surface area contributed by atoms with E-state index < -0.39 is 0 Å². The zero-order valence-corrected chi connectivity index (χ0v) is 15.3. The van der Waals surface area contributed by atoms with Crippen molar-refractivity contribution in [2.45, 2.75) is 6.92 Å². The van der Waals surface area contributed by atoms with Gasteiger partial charge in [-0.1, -0.05) is 46.6 Å². The molecule has 26 heavy (non-hydrogen) atoms. The third kappa shape index (κ3) is 3.50. The fraction of sp³-hybridized carbons (Fsp3) is 0.158. The van der Waals surface area contributed by atoms with Gasteiger partial charge in [-0.25, -0.2) is 0 Å². The van der Waals surface area contributed by atoms with Crippen LogP contribution in [-0.4, -0.2) is 25.3 Å². The van der Waals surface area contributed by atoms with Crippen LogP contribution in [0.25, 0.3) is 11.3 Å². The number of benzene rings is 2. The Balaban J connectivity index is 1.93. The average molecular weight is 373 g/mol. The van der Waals surface area contributed by atoms with Crippen molar-refractivity contribution in [2.75, 3.05) is 19.5 Å². The van der Waals surface area contributed by atoms with Crippen molar-refractivity contribution in [1.82, 2.24) is 5.16 Å². The van der Waals surface area contributed by atoms with Gasteiger partial charge in [0.05, 0.1) is 31.1 Å². The Morgan fingerprint density at radius 3 is 2.46 bits per heavy atom. The summed E-state index contributed by atoms with van der Waals surface area (Å²) in [5.74, 6) is 0.844. The number of anilines is 1. The third-order valence-electron chi connectivity index (χ3n) is 3.85. The van der Waals surface area contributed by atoms with Crippen LogP contribution >= 0.6 is 11.6 Å². The van der Waals surface area contributed by atoms with Crippen molar-refractivity contribution >= 4 is 23.2 Å². The van der Waals surface area contributed by atoms with Gasteiger partial charge in [0.25, 0.3) is 5.91 Å². The molecule has 3 aromatic rings. The molecule has 1 N–H and O–H groups in total. The third-order valence-corrected chi connectivity index (χ3v) is 4.15. The number of rotatable bonds is 5. The van der Waals surface area contributed by atoms with Gasteiger partial charge < -0.3 is 19.3 Å². The second-order valence-corrected chi connectivity index (χ2v) is 5.98. The van der Waals surface area contributed by atoms with Gasteiger partial charge in [-0.3, -0.25) is 4.79 Å². The van der Waals surface area contributed by atoms with Gasteiger partial charge in [-0.05, 0) is 6.92 Å². The molecule has 0 radical (unpaired) electrons. The highest BCUT2D eigenvalue weighted by Gasteiger charge is 2.20. The number of carbonyl (C=O) groups is 1. The monoisotopic (exact) mass is 372 g/mol. The van der Waals surface area contributed by atoms with Crippen LogP contribution in [-0.2, 0) is 0 Å². The molecule has 0 saturated heterocycles. The lowest BCUT2D eigenvalue weighted by atomic mass is 10.1. The number of amides is 1. The quantitative estimate of drug-likeness (QED) is 0.710. The van der Waals surface area contributed by atoms with E-state index in [0.717, 1.165) is 11.1 Å². The van der Waals surface area contributed by atoms with Crippen LogP contribution < -0.4 is 14.8 Å². The molecule has 3 rings (SSSR count). The molecule has 2 aromatic carbocycles. The summed E-state index contributed by atoms with van der Waals surface area (Å²) in [6.07, 6.45) is 1.38. The molecule has 0 aliphatic heterocycles. The summed E-state index contributed by atoms with van der Waals surface area (Å²) in [7, 11) is 2.99. The van der Waals surface area contributed by atoms with Gasteiger partial charge in [0.1, 0.15) is 17.1 Å². The Bertz CT molecular complexity index is 935. The van der Waals surface area contributed by atoms with Crippen LogP contribution in [0.4, 0.5) is 5.69 Å². The van der Waals surface area contributed by atoms with Gasteiger partial charge in [0, 0.05) is 17.7 Å². The second-order valence-electron chi connectivity index (χ2n) is 5.58. The lowest BCUT2D eigenvalue weighted by Crippen LogP contribution is -2.13. The van der Waals surface area contributed by atoms with Crippen LogP contribution in [0.3, 0.4) is 0 Å². The molecular formula is C19H17ClN2O4. The average Bonchev–Trinajstić information content (AvgIpc) is 3.13. The fourth-order valence-electron chi connectivity index (χ4n) is 2.46. The standard InChI is InChI=1S/C19H17ClN2O4/c1-11-4-6-12(7-5-11)18-13(10-21-26-18)19(23)22-15-9-16(24-2)14(20)8-17(15)25-3/h4-10H,1-3H3,(H,22,23). The number of aryl methyl sites for hydroxylation is 1. The van der Waals surface area contributed by atoms with Gasteiger partial charge in [-0.2, -0.15) is 0 Å². The molecule has 0 saturated carbocycles. The van der Waals surface area contributed by atoms with Gasteiger partial charge in [0.2, 0.25) is 0 Å². The van der Waals surface area contributed by atoms with Gasteiger partial charge in [-0.15, -0.1) is 0 Å². The molecular weight excluding hydrogens is 356 g/mol.